The van der Waals surface area contributed by atoms with E-state index in [1.807, 2.05) is 45.0 Å². The standard InChI is InChI=1S/C25H31N3O5S/c1-5-17(22(30)28-14-34-25(3,4)21(28)23(31)32)18-11-8-12-19(20(18)29)27-24(33)26-13-16-10-7-6-9-15(16)2/h6-12,17,21,29H,5,13-14H2,1-4H3,(H,31,32)(H2,26,27,33)/t17-,21?/m0/s1. The van der Waals surface area contributed by atoms with E-state index in [0.29, 0.717) is 18.5 Å². The van der Waals surface area contributed by atoms with Crippen LogP contribution < -0.4 is 10.6 Å². The molecule has 1 fully saturated rings. The highest BCUT2D eigenvalue weighted by Gasteiger charge is 2.49. The van der Waals surface area contributed by atoms with E-state index in [4.69, 9.17) is 0 Å². The number of anilines is 1. The van der Waals surface area contributed by atoms with Gasteiger partial charge in [-0.3, -0.25) is 4.79 Å². The van der Waals surface area contributed by atoms with Gasteiger partial charge in [0.2, 0.25) is 5.91 Å². The van der Waals surface area contributed by atoms with Crippen molar-refractivity contribution in [3.8, 4) is 5.75 Å². The van der Waals surface area contributed by atoms with Crippen molar-refractivity contribution in [2.45, 2.75) is 57.4 Å². The Bertz CT molecular complexity index is 1090. The Morgan fingerprint density at radius 2 is 1.88 bits per heavy atom. The number of phenols is 1. The fourth-order valence-corrected chi connectivity index (χ4v) is 5.34. The first-order valence-electron chi connectivity index (χ1n) is 11.1. The number of aliphatic carboxylic acids is 1. The third-order valence-electron chi connectivity index (χ3n) is 6.16. The maximum absolute atomic E-state index is 13.4. The Morgan fingerprint density at radius 1 is 1.18 bits per heavy atom. The molecule has 2 atom stereocenters. The maximum Gasteiger partial charge on any atom is 0.327 e. The Kier molecular flexibility index (Phi) is 7.76. The highest BCUT2D eigenvalue weighted by molar-refractivity contribution is 8.00. The normalized spacial score (nSPS) is 17.8. The van der Waals surface area contributed by atoms with Gasteiger partial charge in [0.25, 0.3) is 0 Å². The van der Waals surface area contributed by atoms with Gasteiger partial charge in [-0.2, -0.15) is 0 Å². The van der Waals surface area contributed by atoms with Gasteiger partial charge in [-0.1, -0.05) is 43.3 Å². The van der Waals surface area contributed by atoms with E-state index in [2.05, 4.69) is 10.6 Å². The van der Waals surface area contributed by atoms with E-state index in [9.17, 15) is 24.6 Å². The number of thioether (sulfide) groups is 1. The number of carbonyl (C=O) groups excluding carboxylic acids is 2. The molecule has 0 bridgehead atoms. The zero-order chi connectivity index (χ0) is 25.0. The Hall–Kier alpha value is -3.20. The summed E-state index contributed by atoms with van der Waals surface area (Å²) in [5.41, 5.74) is 2.56. The largest absolute Gasteiger partial charge is 0.505 e. The van der Waals surface area contributed by atoms with Crippen molar-refractivity contribution >= 4 is 35.4 Å². The second-order valence-electron chi connectivity index (χ2n) is 8.86. The van der Waals surface area contributed by atoms with Gasteiger partial charge in [0, 0.05) is 16.9 Å². The quantitative estimate of drug-likeness (QED) is 0.435. The summed E-state index contributed by atoms with van der Waals surface area (Å²) >= 11 is 1.41. The predicted octanol–water partition coefficient (Wildman–Crippen LogP) is 4.28. The average molecular weight is 486 g/mol. The number of nitrogens with one attached hydrogen (secondary N) is 2. The molecule has 34 heavy (non-hydrogen) atoms. The zero-order valence-corrected chi connectivity index (χ0v) is 20.6. The molecule has 1 aliphatic heterocycles. The monoisotopic (exact) mass is 485 g/mol. The molecule has 2 aromatic carbocycles. The van der Waals surface area contributed by atoms with Crippen LogP contribution in [0, 0.1) is 6.92 Å². The Morgan fingerprint density at radius 3 is 2.53 bits per heavy atom. The molecule has 1 saturated heterocycles. The first-order valence-corrected chi connectivity index (χ1v) is 12.1. The van der Waals surface area contributed by atoms with Gasteiger partial charge in [0.05, 0.1) is 17.5 Å². The van der Waals surface area contributed by atoms with E-state index in [1.54, 1.807) is 25.1 Å². The topological polar surface area (TPSA) is 119 Å². The van der Waals surface area contributed by atoms with Crippen LogP contribution in [0.2, 0.25) is 0 Å². The molecule has 8 nitrogen and oxygen atoms in total. The van der Waals surface area contributed by atoms with Gasteiger partial charge in [-0.05, 0) is 44.4 Å². The van der Waals surface area contributed by atoms with Crippen LogP contribution in [0.15, 0.2) is 42.5 Å². The highest BCUT2D eigenvalue weighted by Crippen LogP contribution is 2.42. The second kappa shape index (κ2) is 10.4. The highest BCUT2D eigenvalue weighted by atomic mass is 32.2. The van der Waals surface area contributed by atoms with Crippen molar-refractivity contribution in [1.29, 1.82) is 0 Å². The molecule has 1 aliphatic rings. The van der Waals surface area contributed by atoms with E-state index in [-0.39, 0.29) is 23.2 Å². The van der Waals surface area contributed by atoms with Crippen molar-refractivity contribution in [2.75, 3.05) is 11.2 Å². The van der Waals surface area contributed by atoms with Crippen molar-refractivity contribution < 1.29 is 24.6 Å². The van der Waals surface area contributed by atoms with E-state index in [1.165, 1.54) is 16.7 Å². The number of carboxylic acids is 1. The van der Waals surface area contributed by atoms with Crippen LogP contribution in [-0.4, -0.2) is 49.7 Å². The molecule has 9 heteroatoms. The lowest BCUT2D eigenvalue weighted by Gasteiger charge is -2.30. The smallest absolute Gasteiger partial charge is 0.327 e. The molecule has 0 spiro atoms. The van der Waals surface area contributed by atoms with E-state index in [0.717, 1.165) is 11.1 Å². The number of nitrogens with zero attached hydrogens (tertiary/aromatic N) is 1. The number of aryl methyl sites for hydroxylation is 1. The molecule has 4 N–H and O–H groups in total. The summed E-state index contributed by atoms with van der Waals surface area (Å²) in [4.78, 5) is 39.1. The molecule has 3 rings (SSSR count). The first-order chi connectivity index (χ1) is 16.1. The van der Waals surface area contributed by atoms with Crippen LogP contribution in [0.25, 0.3) is 0 Å². The van der Waals surface area contributed by atoms with Gasteiger partial charge < -0.3 is 25.7 Å². The van der Waals surface area contributed by atoms with E-state index < -0.39 is 28.7 Å². The van der Waals surface area contributed by atoms with Crippen molar-refractivity contribution in [2.24, 2.45) is 0 Å². The van der Waals surface area contributed by atoms with Gasteiger partial charge in [-0.15, -0.1) is 11.8 Å². The summed E-state index contributed by atoms with van der Waals surface area (Å²) in [7, 11) is 0. The molecule has 0 aromatic heterocycles. The minimum atomic E-state index is -1.05. The molecule has 1 heterocycles. The maximum atomic E-state index is 13.4. The molecule has 1 unspecified atom stereocenters. The van der Waals surface area contributed by atoms with Gasteiger partial charge in [-0.25, -0.2) is 9.59 Å². The summed E-state index contributed by atoms with van der Waals surface area (Å²) in [6.07, 6.45) is 0.364. The molecule has 0 radical (unpaired) electrons. The number of carboxylic acid groups (broad SMARTS) is 1. The number of hydrogen-bond donors (Lipinski definition) is 4. The van der Waals surface area contributed by atoms with Gasteiger partial charge in [0.1, 0.15) is 11.8 Å². The number of phenolic OH excluding ortho intramolecular Hbond substituents is 1. The molecule has 2 aromatic rings. The number of hydrogen-bond acceptors (Lipinski definition) is 5. The SMILES string of the molecule is CC[C@H](C(=O)N1CSC(C)(C)C1C(=O)O)c1cccc(NC(=O)NCc2ccccc2C)c1O. The molecular weight excluding hydrogens is 454 g/mol. The zero-order valence-electron chi connectivity index (χ0n) is 19.8. The average Bonchev–Trinajstić information content (AvgIpc) is 3.11. The lowest BCUT2D eigenvalue weighted by Crippen LogP contribution is -2.50. The Balaban J connectivity index is 1.77. The number of urea groups is 1. The summed E-state index contributed by atoms with van der Waals surface area (Å²) in [6, 6.07) is 11.1. The lowest BCUT2D eigenvalue weighted by atomic mass is 9.92. The number of amides is 3. The van der Waals surface area contributed by atoms with Crippen LogP contribution in [0.1, 0.15) is 49.8 Å². The summed E-state index contributed by atoms with van der Waals surface area (Å²) in [5, 5.41) is 26.0. The van der Waals surface area contributed by atoms with Crippen molar-refractivity contribution in [3.05, 3.63) is 59.2 Å². The minimum Gasteiger partial charge on any atom is -0.505 e. The molecular formula is C25H31N3O5S. The number of rotatable bonds is 7. The van der Waals surface area contributed by atoms with E-state index >= 15 is 0 Å². The first kappa shape index (κ1) is 25.4. The van der Waals surface area contributed by atoms with Crippen LogP contribution >= 0.6 is 11.8 Å². The lowest BCUT2D eigenvalue weighted by molar-refractivity contribution is -0.150. The van der Waals surface area contributed by atoms with Crippen LogP contribution in [-0.2, 0) is 16.1 Å². The van der Waals surface area contributed by atoms with Crippen molar-refractivity contribution in [3.63, 3.8) is 0 Å². The Labute approximate surface area is 203 Å². The minimum absolute atomic E-state index is 0.178. The van der Waals surface area contributed by atoms with Crippen LogP contribution in [0.3, 0.4) is 0 Å². The summed E-state index contributed by atoms with van der Waals surface area (Å²) in [6.45, 7) is 7.71. The second-order valence-corrected chi connectivity index (χ2v) is 10.5. The van der Waals surface area contributed by atoms with Crippen LogP contribution in [0.5, 0.6) is 5.75 Å². The number of para-hydroxylation sites is 1. The fraction of sp³-hybridized carbons (Fsp3) is 0.400. The fourth-order valence-electron chi connectivity index (χ4n) is 4.21. The van der Waals surface area contributed by atoms with Crippen molar-refractivity contribution in [1.82, 2.24) is 10.2 Å². The summed E-state index contributed by atoms with van der Waals surface area (Å²) in [5.74, 6) is -2.09. The number of aromatic hydroxyl groups is 1. The third-order valence-corrected chi connectivity index (χ3v) is 7.54. The predicted molar refractivity (Wildman–Crippen MR) is 133 cm³/mol. The molecule has 0 aliphatic carbocycles. The van der Waals surface area contributed by atoms with Gasteiger partial charge in [0.15, 0.2) is 0 Å². The number of carbonyl (C=O) groups is 3. The van der Waals surface area contributed by atoms with Crippen LogP contribution in [0.4, 0.5) is 10.5 Å². The molecule has 0 saturated carbocycles. The van der Waals surface area contributed by atoms with Gasteiger partial charge >= 0.3 is 12.0 Å². The molecule has 3 amide bonds. The number of benzene rings is 2. The summed E-state index contributed by atoms with van der Waals surface area (Å²) < 4.78 is -0.625. The third kappa shape index (κ3) is 5.30. The molecule has 182 valence electrons.